The molecule has 1 amide bonds. The van der Waals surface area contributed by atoms with E-state index in [2.05, 4.69) is 13.8 Å². The summed E-state index contributed by atoms with van der Waals surface area (Å²) in [7, 11) is 0. The van der Waals surface area contributed by atoms with E-state index in [4.69, 9.17) is 9.72 Å². The highest BCUT2D eigenvalue weighted by Crippen LogP contribution is 2.27. The van der Waals surface area contributed by atoms with E-state index < -0.39 is 6.04 Å². The normalized spacial score (nSPS) is 12.0. The van der Waals surface area contributed by atoms with E-state index in [0.29, 0.717) is 41.3 Å². The van der Waals surface area contributed by atoms with Crippen molar-refractivity contribution in [2.45, 2.75) is 59.4 Å². The highest BCUT2D eigenvalue weighted by molar-refractivity contribution is 5.82. The SMILES string of the molecule is CCOC(=O)CCC(=O)N(CCC(C)C)C(CC)c1nc2ccccc2c(=O)n1-c1ccccc1. The molecular weight excluding hydrogens is 442 g/mol. The molecule has 3 rings (SSSR count). The van der Waals surface area contributed by atoms with Crippen molar-refractivity contribution in [1.29, 1.82) is 0 Å². The topological polar surface area (TPSA) is 81.5 Å². The second-order valence-corrected chi connectivity index (χ2v) is 8.96. The number of hydrogen-bond acceptors (Lipinski definition) is 5. The van der Waals surface area contributed by atoms with Gasteiger partial charge >= 0.3 is 5.97 Å². The molecule has 2 aromatic carbocycles. The Labute approximate surface area is 206 Å². The van der Waals surface area contributed by atoms with Gasteiger partial charge in [0.15, 0.2) is 0 Å². The minimum atomic E-state index is -0.430. The number of rotatable bonds is 11. The van der Waals surface area contributed by atoms with Gasteiger partial charge in [0.1, 0.15) is 5.82 Å². The van der Waals surface area contributed by atoms with Crippen LogP contribution in [-0.2, 0) is 14.3 Å². The summed E-state index contributed by atoms with van der Waals surface area (Å²) in [5.41, 5.74) is 1.13. The maximum absolute atomic E-state index is 13.7. The van der Waals surface area contributed by atoms with Crippen molar-refractivity contribution in [3.8, 4) is 5.69 Å². The molecule has 0 fully saturated rings. The first kappa shape index (κ1) is 26.1. The van der Waals surface area contributed by atoms with E-state index in [1.807, 2.05) is 55.5 Å². The van der Waals surface area contributed by atoms with Crippen LogP contribution in [0.1, 0.15) is 65.2 Å². The van der Waals surface area contributed by atoms with Crippen molar-refractivity contribution >= 4 is 22.8 Å². The summed E-state index contributed by atoms with van der Waals surface area (Å²) in [5, 5.41) is 0.525. The van der Waals surface area contributed by atoms with Crippen molar-refractivity contribution in [2.24, 2.45) is 5.92 Å². The third-order valence-corrected chi connectivity index (χ3v) is 5.99. The summed E-state index contributed by atoms with van der Waals surface area (Å²) >= 11 is 0. The first-order valence-corrected chi connectivity index (χ1v) is 12.4. The summed E-state index contributed by atoms with van der Waals surface area (Å²) in [6.07, 6.45) is 1.44. The average Bonchev–Trinajstić information content (AvgIpc) is 2.85. The summed E-state index contributed by atoms with van der Waals surface area (Å²) in [4.78, 5) is 45.7. The number of aromatic nitrogens is 2. The first-order valence-electron chi connectivity index (χ1n) is 12.4. The molecule has 3 aromatic rings. The summed E-state index contributed by atoms with van der Waals surface area (Å²) in [6.45, 7) is 8.74. The third-order valence-electron chi connectivity index (χ3n) is 5.99. The van der Waals surface area contributed by atoms with Gasteiger partial charge in [0.2, 0.25) is 5.91 Å². The molecule has 1 atom stereocenters. The lowest BCUT2D eigenvalue weighted by Gasteiger charge is -2.33. The molecule has 0 radical (unpaired) electrons. The fourth-order valence-corrected chi connectivity index (χ4v) is 4.18. The van der Waals surface area contributed by atoms with E-state index in [1.165, 1.54) is 0 Å². The summed E-state index contributed by atoms with van der Waals surface area (Å²) in [6, 6.07) is 16.2. The van der Waals surface area contributed by atoms with Crippen LogP contribution in [0, 0.1) is 5.92 Å². The lowest BCUT2D eigenvalue weighted by atomic mass is 10.1. The van der Waals surface area contributed by atoms with E-state index in [9.17, 15) is 14.4 Å². The minimum absolute atomic E-state index is 0.0257. The molecule has 7 heteroatoms. The van der Waals surface area contributed by atoms with Gasteiger partial charge in [-0.25, -0.2) is 4.98 Å². The van der Waals surface area contributed by atoms with Gasteiger partial charge in [-0.05, 0) is 49.9 Å². The van der Waals surface area contributed by atoms with Gasteiger partial charge in [-0.15, -0.1) is 0 Å². The molecule has 7 nitrogen and oxygen atoms in total. The van der Waals surface area contributed by atoms with Gasteiger partial charge in [0, 0.05) is 13.0 Å². The number of para-hydroxylation sites is 2. The largest absolute Gasteiger partial charge is 0.466 e. The van der Waals surface area contributed by atoms with Gasteiger partial charge in [0.05, 0.1) is 35.7 Å². The van der Waals surface area contributed by atoms with Crippen LogP contribution < -0.4 is 5.56 Å². The molecule has 0 aliphatic heterocycles. The fraction of sp³-hybridized carbons (Fsp3) is 0.429. The lowest BCUT2D eigenvalue weighted by molar-refractivity contribution is -0.146. The van der Waals surface area contributed by atoms with Gasteiger partial charge < -0.3 is 9.64 Å². The zero-order valence-electron chi connectivity index (χ0n) is 21.1. The van der Waals surface area contributed by atoms with Crippen molar-refractivity contribution in [2.75, 3.05) is 13.2 Å². The van der Waals surface area contributed by atoms with Gasteiger partial charge in [-0.3, -0.25) is 19.0 Å². The number of carbonyl (C=O) groups excluding carboxylic acids is 2. The maximum Gasteiger partial charge on any atom is 0.306 e. The fourth-order valence-electron chi connectivity index (χ4n) is 4.18. The van der Waals surface area contributed by atoms with Crippen molar-refractivity contribution in [3.63, 3.8) is 0 Å². The quantitative estimate of drug-likeness (QED) is 0.361. The Hall–Kier alpha value is -3.48. The predicted molar refractivity (Wildman–Crippen MR) is 137 cm³/mol. The molecule has 1 aromatic heterocycles. The van der Waals surface area contributed by atoms with E-state index in [0.717, 1.165) is 6.42 Å². The highest BCUT2D eigenvalue weighted by Gasteiger charge is 2.29. The Morgan fingerprint density at radius 3 is 2.34 bits per heavy atom. The van der Waals surface area contributed by atoms with Crippen molar-refractivity contribution in [1.82, 2.24) is 14.5 Å². The molecule has 35 heavy (non-hydrogen) atoms. The maximum atomic E-state index is 13.7. The van der Waals surface area contributed by atoms with Gasteiger partial charge in [-0.2, -0.15) is 0 Å². The molecule has 0 spiro atoms. The Balaban J connectivity index is 2.12. The lowest BCUT2D eigenvalue weighted by Crippen LogP contribution is -2.39. The molecule has 0 bridgehead atoms. The molecular formula is C28H35N3O4. The molecule has 1 heterocycles. The van der Waals surface area contributed by atoms with Gasteiger partial charge in [0.25, 0.3) is 5.56 Å². The number of benzene rings is 2. The number of amides is 1. The molecule has 1 unspecified atom stereocenters. The molecule has 0 saturated heterocycles. The van der Waals surface area contributed by atoms with Crippen LogP contribution in [0.5, 0.6) is 0 Å². The first-order chi connectivity index (χ1) is 16.9. The standard InChI is InChI=1S/C28H35N3O4/c1-5-24(30(19-18-20(3)4)25(32)16-17-26(33)35-6-2)27-29-23-15-11-10-14-22(23)28(34)31(27)21-12-8-7-9-13-21/h7-15,20,24H,5-6,16-19H2,1-4H3. The monoisotopic (exact) mass is 477 g/mol. The molecule has 0 aliphatic rings. The van der Waals surface area contributed by atoms with Crippen LogP contribution in [0.2, 0.25) is 0 Å². The Morgan fingerprint density at radius 1 is 1.00 bits per heavy atom. The van der Waals surface area contributed by atoms with Crippen LogP contribution in [0.3, 0.4) is 0 Å². The van der Waals surface area contributed by atoms with E-state index in [1.54, 1.807) is 22.5 Å². The van der Waals surface area contributed by atoms with Crippen LogP contribution in [0.15, 0.2) is 59.4 Å². The van der Waals surface area contributed by atoms with Crippen molar-refractivity contribution < 1.29 is 14.3 Å². The molecule has 186 valence electrons. The molecule has 0 N–H and O–H groups in total. The van der Waals surface area contributed by atoms with Crippen LogP contribution in [0.25, 0.3) is 16.6 Å². The summed E-state index contributed by atoms with van der Waals surface area (Å²) in [5.74, 6) is 0.375. The number of ether oxygens (including phenoxy) is 1. The Morgan fingerprint density at radius 2 is 1.69 bits per heavy atom. The number of esters is 1. The van der Waals surface area contributed by atoms with Crippen molar-refractivity contribution in [3.05, 3.63) is 70.8 Å². The zero-order valence-corrected chi connectivity index (χ0v) is 21.1. The van der Waals surface area contributed by atoms with Crippen LogP contribution >= 0.6 is 0 Å². The number of nitrogens with zero attached hydrogens (tertiary/aromatic N) is 3. The van der Waals surface area contributed by atoms with Gasteiger partial charge in [-0.1, -0.05) is 51.1 Å². The number of fused-ring (bicyclic) bond motifs is 1. The highest BCUT2D eigenvalue weighted by atomic mass is 16.5. The Kier molecular flexibility index (Phi) is 9.18. The molecule has 0 aliphatic carbocycles. The van der Waals surface area contributed by atoms with Crippen LogP contribution in [-0.4, -0.2) is 39.5 Å². The number of hydrogen-bond donors (Lipinski definition) is 0. The van der Waals surface area contributed by atoms with Crippen LogP contribution in [0.4, 0.5) is 0 Å². The number of carbonyl (C=O) groups is 2. The zero-order chi connectivity index (χ0) is 25.4. The van der Waals surface area contributed by atoms with E-state index >= 15 is 0 Å². The summed E-state index contributed by atoms with van der Waals surface area (Å²) < 4.78 is 6.64. The second kappa shape index (κ2) is 12.3. The smallest absolute Gasteiger partial charge is 0.306 e. The minimum Gasteiger partial charge on any atom is -0.466 e. The average molecular weight is 478 g/mol. The Bertz CT molecular complexity index is 1200. The predicted octanol–water partition coefficient (Wildman–Crippen LogP) is 5.05. The van der Waals surface area contributed by atoms with E-state index in [-0.39, 0.29) is 36.9 Å². The second-order valence-electron chi connectivity index (χ2n) is 8.96. The molecule has 0 saturated carbocycles. The third kappa shape index (κ3) is 6.35.